The maximum absolute atomic E-state index is 11.8. The third-order valence-electron chi connectivity index (χ3n) is 4.43. The van der Waals surface area contributed by atoms with Crippen LogP contribution in [0, 0.1) is 24.0 Å². The van der Waals surface area contributed by atoms with Gasteiger partial charge in [-0.1, -0.05) is 6.07 Å². The average molecular weight is 395 g/mol. The lowest BCUT2D eigenvalue weighted by molar-refractivity contribution is -0.383. The third kappa shape index (κ3) is 4.34. The number of nitrogens with one attached hydrogen (secondary N) is 2. The molecule has 0 fully saturated rings. The van der Waals surface area contributed by atoms with Crippen LogP contribution in [0.25, 0.3) is 0 Å². The van der Waals surface area contributed by atoms with Gasteiger partial charge >= 0.3 is 5.69 Å². The molecule has 1 heterocycles. The van der Waals surface area contributed by atoms with Crippen molar-refractivity contribution < 1.29 is 14.4 Å². The van der Waals surface area contributed by atoms with Gasteiger partial charge in [0.2, 0.25) is 11.6 Å². The Bertz CT molecular complexity index is 1060. The van der Waals surface area contributed by atoms with Gasteiger partial charge in [0.15, 0.2) is 0 Å². The fraction of sp³-hybridized carbons (Fsp3) is 0.200. The van der Waals surface area contributed by atoms with E-state index in [0.29, 0.717) is 22.9 Å². The molecule has 1 aromatic heterocycles. The largest absolute Gasteiger partial charge is 0.497 e. The summed E-state index contributed by atoms with van der Waals surface area (Å²) in [6.45, 7) is 3.97. The summed E-state index contributed by atoms with van der Waals surface area (Å²) in [5.74, 6) is 1.17. The minimum atomic E-state index is -0.529. The van der Waals surface area contributed by atoms with E-state index in [9.17, 15) is 10.1 Å². The molecule has 0 unspecified atom stereocenters. The second kappa shape index (κ2) is 8.42. The Morgan fingerprint density at radius 3 is 2.28 bits per heavy atom. The van der Waals surface area contributed by atoms with E-state index in [4.69, 9.17) is 9.47 Å². The second-order valence-corrected chi connectivity index (χ2v) is 6.29. The predicted octanol–water partition coefficient (Wildman–Crippen LogP) is 4.51. The Balaban J connectivity index is 2.01. The minimum Gasteiger partial charge on any atom is -0.497 e. The van der Waals surface area contributed by atoms with Gasteiger partial charge in [-0.05, 0) is 49.2 Å². The van der Waals surface area contributed by atoms with Crippen LogP contribution < -0.4 is 20.1 Å². The Hall–Kier alpha value is -3.88. The van der Waals surface area contributed by atoms with Crippen LogP contribution in [0.3, 0.4) is 0 Å². The zero-order chi connectivity index (χ0) is 21.0. The molecule has 3 aromatic rings. The zero-order valence-corrected chi connectivity index (χ0v) is 16.5. The molecule has 2 aromatic carbocycles. The molecule has 9 heteroatoms. The number of ether oxygens (including phenoxy) is 2. The smallest absolute Gasteiger partial charge is 0.353 e. The highest BCUT2D eigenvalue weighted by Gasteiger charge is 2.24. The Labute approximate surface area is 167 Å². The van der Waals surface area contributed by atoms with E-state index in [2.05, 4.69) is 20.6 Å². The molecule has 0 radical (unpaired) electrons. The van der Waals surface area contributed by atoms with Gasteiger partial charge in [0.25, 0.3) is 0 Å². The normalized spacial score (nSPS) is 10.3. The Kier molecular flexibility index (Phi) is 5.77. The molecule has 0 spiro atoms. The molecule has 2 N–H and O–H groups in total. The van der Waals surface area contributed by atoms with Gasteiger partial charge in [-0.25, -0.2) is 9.97 Å². The van der Waals surface area contributed by atoms with Crippen LogP contribution in [0.5, 0.6) is 11.5 Å². The van der Waals surface area contributed by atoms with Crippen LogP contribution in [-0.4, -0.2) is 29.1 Å². The molecular weight excluding hydrogens is 374 g/mol. The lowest BCUT2D eigenvalue weighted by atomic mass is 10.1. The van der Waals surface area contributed by atoms with Gasteiger partial charge in [0, 0.05) is 11.8 Å². The number of hydrogen-bond acceptors (Lipinski definition) is 8. The SMILES string of the molecule is COc1ccc(OC)c(Nc2ncnc(Nc3ccc(C)c(C)c3)c2[N+](=O)[O-])c1. The first-order valence-electron chi connectivity index (χ1n) is 8.75. The molecule has 0 aliphatic rings. The highest BCUT2D eigenvalue weighted by Crippen LogP contribution is 2.37. The molecule has 0 amide bonds. The number of nitrogens with zero attached hydrogens (tertiary/aromatic N) is 3. The van der Waals surface area contributed by atoms with Crippen molar-refractivity contribution >= 4 is 28.7 Å². The van der Waals surface area contributed by atoms with Gasteiger partial charge in [0.1, 0.15) is 17.8 Å². The Morgan fingerprint density at radius 2 is 1.66 bits per heavy atom. The van der Waals surface area contributed by atoms with Gasteiger partial charge < -0.3 is 20.1 Å². The fourth-order valence-electron chi connectivity index (χ4n) is 2.73. The summed E-state index contributed by atoms with van der Waals surface area (Å²) in [4.78, 5) is 19.4. The van der Waals surface area contributed by atoms with E-state index in [1.807, 2.05) is 32.0 Å². The van der Waals surface area contributed by atoms with E-state index in [-0.39, 0.29) is 17.3 Å². The van der Waals surface area contributed by atoms with Crippen LogP contribution in [0.15, 0.2) is 42.7 Å². The summed E-state index contributed by atoms with van der Waals surface area (Å²) in [7, 11) is 3.04. The summed E-state index contributed by atoms with van der Waals surface area (Å²) in [6.07, 6.45) is 1.26. The van der Waals surface area contributed by atoms with Crippen molar-refractivity contribution in [1.29, 1.82) is 0 Å². The van der Waals surface area contributed by atoms with E-state index < -0.39 is 4.92 Å². The summed E-state index contributed by atoms with van der Waals surface area (Å²) in [6, 6.07) is 10.8. The number of rotatable bonds is 7. The lowest BCUT2D eigenvalue weighted by Crippen LogP contribution is -2.06. The van der Waals surface area contributed by atoms with Crippen LogP contribution in [0.4, 0.5) is 28.7 Å². The van der Waals surface area contributed by atoms with Crippen molar-refractivity contribution in [2.45, 2.75) is 13.8 Å². The molecule has 0 saturated heterocycles. The first-order chi connectivity index (χ1) is 13.9. The molecule has 29 heavy (non-hydrogen) atoms. The van der Waals surface area contributed by atoms with Crippen LogP contribution in [-0.2, 0) is 0 Å². The summed E-state index contributed by atoms with van der Waals surface area (Å²) in [5.41, 5.74) is 3.08. The third-order valence-corrected chi connectivity index (χ3v) is 4.43. The van der Waals surface area contributed by atoms with Crippen molar-refractivity contribution in [2.24, 2.45) is 0 Å². The predicted molar refractivity (Wildman–Crippen MR) is 111 cm³/mol. The number of aromatic nitrogens is 2. The number of anilines is 4. The topological polar surface area (TPSA) is 111 Å². The summed E-state index contributed by atoms with van der Waals surface area (Å²) >= 11 is 0. The highest BCUT2D eigenvalue weighted by molar-refractivity contribution is 5.78. The van der Waals surface area contributed by atoms with Gasteiger partial charge in [-0.15, -0.1) is 0 Å². The summed E-state index contributed by atoms with van der Waals surface area (Å²) < 4.78 is 10.5. The molecule has 0 aliphatic heterocycles. The van der Waals surface area contributed by atoms with Crippen LogP contribution >= 0.6 is 0 Å². The quantitative estimate of drug-likeness (QED) is 0.444. The zero-order valence-electron chi connectivity index (χ0n) is 16.5. The standard InChI is InChI=1S/C20H21N5O4/c1-12-5-6-14(9-13(12)2)23-19-18(25(26)27)20(22-11-21-19)24-16-10-15(28-3)7-8-17(16)29-4/h5-11H,1-4H3,(H2,21,22,23,24). The van der Waals surface area contributed by atoms with Crippen molar-refractivity contribution in [1.82, 2.24) is 9.97 Å². The second-order valence-electron chi connectivity index (χ2n) is 6.29. The monoisotopic (exact) mass is 395 g/mol. The molecule has 9 nitrogen and oxygen atoms in total. The van der Waals surface area contributed by atoms with E-state index in [1.165, 1.54) is 20.5 Å². The Morgan fingerprint density at radius 1 is 0.931 bits per heavy atom. The number of benzene rings is 2. The maximum atomic E-state index is 11.8. The average Bonchev–Trinajstić information content (AvgIpc) is 2.70. The van der Waals surface area contributed by atoms with Gasteiger partial charge in [-0.3, -0.25) is 10.1 Å². The number of hydrogen-bond donors (Lipinski definition) is 2. The number of methoxy groups -OCH3 is 2. The first kappa shape index (κ1) is 19.9. The van der Waals surface area contributed by atoms with Crippen molar-refractivity contribution in [3.05, 3.63) is 64.0 Å². The van der Waals surface area contributed by atoms with Crippen LogP contribution in [0.1, 0.15) is 11.1 Å². The number of nitro groups is 1. The van der Waals surface area contributed by atoms with Gasteiger partial charge in [0.05, 0.1) is 24.8 Å². The molecular formula is C20H21N5O4. The molecule has 150 valence electrons. The minimum absolute atomic E-state index is 0.0305. The van der Waals surface area contributed by atoms with Gasteiger partial charge in [-0.2, -0.15) is 0 Å². The van der Waals surface area contributed by atoms with E-state index >= 15 is 0 Å². The number of aryl methyl sites for hydroxylation is 2. The molecule has 3 rings (SSSR count). The maximum Gasteiger partial charge on any atom is 0.353 e. The fourth-order valence-corrected chi connectivity index (χ4v) is 2.73. The first-order valence-corrected chi connectivity index (χ1v) is 8.75. The van der Waals surface area contributed by atoms with E-state index in [0.717, 1.165) is 11.1 Å². The molecule has 0 saturated carbocycles. The van der Waals surface area contributed by atoms with Crippen molar-refractivity contribution in [3.8, 4) is 11.5 Å². The van der Waals surface area contributed by atoms with E-state index in [1.54, 1.807) is 18.2 Å². The molecule has 0 atom stereocenters. The summed E-state index contributed by atoms with van der Waals surface area (Å²) in [5, 5.41) is 17.8. The lowest BCUT2D eigenvalue weighted by Gasteiger charge is -2.13. The van der Waals surface area contributed by atoms with Crippen molar-refractivity contribution in [3.63, 3.8) is 0 Å². The molecule has 0 aliphatic carbocycles. The van der Waals surface area contributed by atoms with Crippen LogP contribution in [0.2, 0.25) is 0 Å². The molecule has 0 bridgehead atoms. The van der Waals surface area contributed by atoms with Crippen molar-refractivity contribution in [2.75, 3.05) is 24.9 Å². The highest BCUT2D eigenvalue weighted by atomic mass is 16.6.